The average molecular weight is 525 g/mol. The van der Waals surface area contributed by atoms with Crippen molar-refractivity contribution in [3.05, 3.63) is 107 Å². The summed E-state index contributed by atoms with van der Waals surface area (Å²) < 4.78 is 43.8. The second-order valence-corrected chi connectivity index (χ2v) is 9.64. The number of carbonyl (C=O) groups excluding carboxylic acids is 2. The zero-order valence-corrected chi connectivity index (χ0v) is 21.0. The molecule has 5 nitrogen and oxygen atoms in total. The van der Waals surface area contributed by atoms with Crippen molar-refractivity contribution in [2.45, 2.75) is 43.9 Å². The number of halogens is 3. The van der Waals surface area contributed by atoms with E-state index in [2.05, 4.69) is 5.32 Å². The van der Waals surface area contributed by atoms with Crippen molar-refractivity contribution in [1.82, 2.24) is 10.2 Å². The number of hydrogen-bond acceptors (Lipinski definition) is 3. The van der Waals surface area contributed by atoms with E-state index in [0.717, 1.165) is 28.8 Å². The molecule has 0 unspecified atom stereocenters. The molecule has 4 rings (SSSR count). The van der Waals surface area contributed by atoms with E-state index in [1.165, 1.54) is 12.1 Å². The second kappa shape index (κ2) is 12.2. The first-order valence-electron chi connectivity index (χ1n) is 12.7. The average Bonchev–Trinajstić information content (AvgIpc) is 2.93. The van der Waals surface area contributed by atoms with E-state index in [0.29, 0.717) is 38.9 Å². The van der Waals surface area contributed by atoms with Gasteiger partial charge < -0.3 is 15.0 Å². The Balaban J connectivity index is 1.32. The van der Waals surface area contributed by atoms with Gasteiger partial charge in [-0.1, -0.05) is 72.8 Å². The molecule has 200 valence electrons. The van der Waals surface area contributed by atoms with Crippen molar-refractivity contribution < 1.29 is 27.5 Å². The number of likely N-dealkylation sites (tertiary alicyclic amines) is 1. The molecule has 0 atom stereocenters. The van der Waals surface area contributed by atoms with Crippen LogP contribution in [0.15, 0.2) is 84.9 Å². The molecular formula is C30H31F3N2O3. The monoisotopic (exact) mass is 524 g/mol. The Morgan fingerprint density at radius 3 is 2.05 bits per heavy atom. The Morgan fingerprint density at radius 1 is 0.842 bits per heavy atom. The van der Waals surface area contributed by atoms with E-state index >= 15 is 0 Å². The Bertz CT molecular complexity index is 1190. The minimum atomic E-state index is -4.37. The van der Waals surface area contributed by atoms with Crippen LogP contribution in [-0.2, 0) is 34.2 Å². The molecule has 0 saturated carbocycles. The standard InChI is InChI=1S/C30H31F3N2O3/c31-30(32,33)26-13-11-23(12-14-26)15-18-34-27(36)21-29(25-9-5-2-6-10-25)16-19-35(20-17-29)28(37)38-22-24-7-3-1-4-8-24/h1-14H,15-22H2,(H,34,36). The number of alkyl halides is 3. The largest absolute Gasteiger partial charge is 0.445 e. The van der Waals surface area contributed by atoms with Crippen LogP contribution in [0.2, 0.25) is 0 Å². The molecular weight excluding hydrogens is 493 g/mol. The van der Waals surface area contributed by atoms with Gasteiger partial charge in [-0.05, 0) is 48.1 Å². The second-order valence-electron chi connectivity index (χ2n) is 9.64. The van der Waals surface area contributed by atoms with Gasteiger partial charge in [0.1, 0.15) is 6.61 Å². The molecule has 1 saturated heterocycles. The number of ether oxygens (including phenoxy) is 1. The van der Waals surface area contributed by atoms with Gasteiger partial charge in [0.15, 0.2) is 0 Å². The zero-order valence-electron chi connectivity index (χ0n) is 21.0. The number of amides is 2. The molecule has 3 aromatic carbocycles. The van der Waals surface area contributed by atoms with Crippen LogP contribution in [0.1, 0.15) is 41.5 Å². The predicted octanol–water partition coefficient (Wildman–Crippen LogP) is 6.12. The lowest BCUT2D eigenvalue weighted by atomic mass is 9.70. The first-order valence-corrected chi connectivity index (χ1v) is 12.7. The normalized spacial score (nSPS) is 15.1. The van der Waals surface area contributed by atoms with E-state index in [1.54, 1.807) is 4.90 Å². The summed E-state index contributed by atoms with van der Waals surface area (Å²) in [6.45, 7) is 1.48. The van der Waals surface area contributed by atoms with Crippen LogP contribution in [0.5, 0.6) is 0 Å². The number of rotatable bonds is 8. The Kier molecular flexibility index (Phi) is 8.71. The summed E-state index contributed by atoms with van der Waals surface area (Å²) >= 11 is 0. The van der Waals surface area contributed by atoms with Gasteiger partial charge in [0, 0.05) is 31.5 Å². The van der Waals surface area contributed by atoms with Gasteiger partial charge in [-0.15, -0.1) is 0 Å². The van der Waals surface area contributed by atoms with Gasteiger partial charge in [-0.3, -0.25) is 4.79 Å². The van der Waals surface area contributed by atoms with Gasteiger partial charge >= 0.3 is 12.3 Å². The van der Waals surface area contributed by atoms with Gasteiger partial charge in [0.05, 0.1) is 5.56 Å². The molecule has 3 aromatic rings. The topological polar surface area (TPSA) is 58.6 Å². The number of benzene rings is 3. The number of nitrogens with zero attached hydrogens (tertiary/aromatic N) is 1. The highest BCUT2D eigenvalue weighted by atomic mass is 19.4. The molecule has 2 amide bonds. The molecule has 1 aliphatic rings. The summed E-state index contributed by atoms with van der Waals surface area (Å²) in [5, 5.41) is 2.92. The van der Waals surface area contributed by atoms with Crippen molar-refractivity contribution in [1.29, 1.82) is 0 Å². The molecule has 1 aliphatic heterocycles. The van der Waals surface area contributed by atoms with E-state index in [1.807, 2.05) is 60.7 Å². The third kappa shape index (κ3) is 7.15. The summed E-state index contributed by atoms with van der Waals surface area (Å²) in [6, 6.07) is 24.3. The molecule has 1 fully saturated rings. The third-order valence-corrected chi connectivity index (χ3v) is 7.09. The summed E-state index contributed by atoms with van der Waals surface area (Å²) in [4.78, 5) is 27.3. The minimum Gasteiger partial charge on any atom is -0.445 e. The lowest BCUT2D eigenvalue weighted by molar-refractivity contribution is -0.137. The fraction of sp³-hybridized carbons (Fsp3) is 0.333. The number of piperidine rings is 1. The highest BCUT2D eigenvalue weighted by molar-refractivity contribution is 5.78. The van der Waals surface area contributed by atoms with E-state index in [4.69, 9.17) is 4.74 Å². The molecule has 0 aliphatic carbocycles. The lowest BCUT2D eigenvalue weighted by Gasteiger charge is -2.41. The quantitative estimate of drug-likeness (QED) is 0.386. The smallest absolute Gasteiger partial charge is 0.416 e. The Morgan fingerprint density at radius 2 is 1.45 bits per heavy atom. The first kappa shape index (κ1) is 27.2. The number of hydrogen-bond donors (Lipinski definition) is 1. The molecule has 1 heterocycles. The van der Waals surface area contributed by atoms with Gasteiger partial charge in [0.25, 0.3) is 0 Å². The van der Waals surface area contributed by atoms with E-state index in [9.17, 15) is 22.8 Å². The van der Waals surface area contributed by atoms with E-state index in [-0.39, 0.29) is 25.0 Å². The molecule has 8 heteroatoms. The fourth-order valence-corrected chi connectivity index (χ4v) is 4.86. The van der Waals surface area contributed by atoms with Crippen molar-refractivity contribution in [2.75, 3.05) is 19.6 Å². The highest BCUT2D eigenvalue weighted by Gasteiger charge is 2.39. The minimum absolute atomic E-state index is 0.124. The SMILES string of the molecule is O=C(CC1(c2ccccc2)CCN(C(=O)OCc2ccccc2)CC1)NCCc1ccc(C(F)(F)F)cc1. The van der Waals surface area contributed by atoms with Gasteiger partial charge in [-0.2, -0.15) is 13.2 Å². The van der Waals surface area contributed by atoms with Crippen LogP contribution < -0.4 is 5.32 Å². The van der Waals surface area contributed by atoms with Crippen LogP contribution in [0.25, 0.3) is 0 Å². The lowest BCUT2D eigenvalue weighted by Crippen LogP contribution is -2.47. The maximum Gasteiger partial charge on any atom is 0.416 e. The van der Waals surface area contributed by atoms with E-state index < -0.39 is 17.2 Å². The Labute approximate surface area is 220 Å². The van der Waals surface area contributed by atoms with Crippen LogP contribution in [0, 0.1) is 0 Å². The number of carbonyl (C=O) groups is 2. The summed E-state index contributed by atoms with van der Waals surface area (Å²) in [6.07, 6.45) is -2.81. The van der Waals surface area contributed by atoms with Crippen LogP contribution in [0.4, 0.5) is 18.0 Å². The first-order chi connectivity index (χ1) is 18.2. The van der Waals surface area contributed by atoms with Gasteiger partial charge in [0.2, 0.25) is 5.91 Å². The molecule has 0 spiro atoms. The fourth-order valence-electron chi connectivity index (χ4n) is 4.86. The maximum atomic E-state index is 13.0. The van der Waals surface area contributed by atoms with Crippen molar-refractivity contribution in [3.63, 3.8) is 0 Å². The van der Waals surface area contributed by atoms with Crippen molar-refractivity contribution in [2.24, 2.45) is 0 Å². The Hall–Kier alpha value is -3.81. The molecule has 1 N–H and O–H groups in total. The molecule has 0 radical (unpaired) electrons. The zero-order chi connectivity index (χ0) is 27.0. The third-order valence-electron chi connectivity index (χ3n) is 7.09. The van der Waals surface area contributed by atoms with Crippen LogP contribution >= 0.6 is 0 Å². The van der Waals surface area contributed by atoms with Gasteiger partial charge in [-0.25, -0.2) is 4.79 Å². The summed E-state index contributed by atoms with van der Waals surface area (Å²) in [5.41, 5.74) is 1.58. The highest BCUT2D eigenvalue weighted by Crippen LogP contribution is 2.39. The summed E-state index contributed by atoms with van der Waals surface area (Å²) in [7, 11) is 0. The predicted molar refractivity (Wildman–Crippen MR) is 138 cm³/mol. The van der Waals surface area contributed by atoms with Crippen LogP contribution in [-0.4, -0.2) is 36.5 Å². The van der Waals surface area contributed by atoms with Crippen molar-refractivity contribution >= 4 is 12.0 Å². The summed E-state index contributed by atoms with van der Waals surface area (Å²) in [5.74, 6) is -0.124. The maximum absolute atomic E-state index is 13.0. The van der Waals surface area contributed by atoms with Crippen LogP contribution in [0.3, 0.4) is 0 Å². The molecule has 0 bridgehead atoms. The van der Waals surface area contributed by atoms with Crippen molar-refractivity contribution in [3.8, 4) is 0 Å². The number of nitrogens with one attached hydrogen (secondary N) is 1. The molecule has 0 aromatic heterocycles. The molecule has 38 heavy (non-hydrogen) atoms.